The van der Waals surface area contributed by atoms with Crippen molar-refractivity contribution < 1.29 is 4.79 Å². The molecular formula is C21H18N4OS. The predicted molar refractivity (Wildman–Crippen MR) is 108 cm³/mol. The third kappa shape index (κ3) is 2.82. The molecule has 1 aliphatic carbocycles. The number of ketones is 1. The number of rotatable bonds is 3. The molecule has 5 nitrogen and oxygen atoms in total. The van der Waals surface area contributed by atoms with Gasteiger partial charge in [-0.25, -0.2) is 9.67 Å². The second kappa shape index (κ2) is 6.32. The lowest BCUT2D eigenvalue weighted by molar-refractivity contribution is 0.0973. The molecule has 1 aliphatic rings. The van der Waals surface area contributed by atoms with Crippen molar-refractivity contribution in [2.45, 2.75) is 26.2 Å². The summed E-state index contributed by atoms with van der Waals surface area (Å²) in [5, 5.41) is 8.90. The lowest BCUT2D eigenvalue weighted by Crippen LogP contribution is -2.13. The Kier molecular flexibility index (Phi) is 3.79. The zero-order valence-corrected chi connectivity index (χ0v) is 15.7. The van der Waals surface area contributed by atoms with Gasteiger partial charge in [-0.15, -0.1) is 5.10 Å². The van der Waals surface area contributed by atoms with Crippen molar-refractivity contribution in [2.75, 3.05) is 5.32 Å². The molecule has 0 atom stereocenters. The van der Waals surface area contributed by atoms with Crippen molar-refractivity contribution in [3.63, 3.8) is 0 Å². The van der Waals surface area contributed by atoms with Crippen molar-refractivity contribution in [2.24, 2.45) is 0 Å². The Labute approximate surface area is 160 Å². The van der Waals surface area contributed by atoms with Gasteiger partial charge in [0.15, 0.2) is 11.6 Å². The highest BCUT2D eigenvalue weighted by atomic mass is 32.1. The van der Waals surface area contributed by atoms with Gasteiger partial charge in [-0.2, -0.15) is 0 Å². The molecule has 0 aliphatic heterocycles. The number of anilines is 2. The topological polar surface area (TPSA) is 59.8 Å². The van der Waals surface area contributed by atoms with Gasteiger partial charge in [-0.3, -0.25) is 4.79 Å². The zero-order valence-electron chi connectivity index (χ0n) is 14.9. The average Bonchev–Trinajstić information content (AvgIpc) is 3.26. The Balaban J connectivity index is 1.63. The summed E-state index contributed by atoms with van der Waals surface area (Å²) < 4.78 is 2.97. The summed E-state index contributed by atoms with van der Waals surface area (Å²) in [7, 11) is 0. The van der Waals surface area contributed by atoms with Gasteiger partial charge in [0, 0.05) is 12.1 Å². The maximum absolute atomic E-state index is 12.7. The summed E-state index contributed by atoms with van der Waals surface area (Å²) >= 11 is 1.60. The lowest BCUT2D eigenvalue weighted by Gasteiger charge is -2.12. The summed E-state index contributed by atoms with van der Waals surface area (Å²) in [6, 6.07) is 16.2. The van der Waals surface area contributed by atoms with Crippen molar-refractivity contribution in [1.29, 1.82) is 0 Å². The van der Waals surface area contributed by atoms with Gasteiger partial charge in [0.25, 0.3) is 0 Å². The number of hydrogen-bond acceptors (Lipinski definition) is 5. The van der Waals surface area contributed by atoms with E-state index in [0.29, 0.717) is 17.8 Å². The predicted octanol–water partition coefficient (Wildman–Crippen LogP) is 5.05. The number of aryl methyl sites for hydroxylation is 1. The number of hydrogen-bond donors (Lipinski definition) is 1. The smallest absolute Gasteiger partial charge is 0.211 e. The fourth-order valence-corrected chi connectivity index (χ4v) is 4.43. The minimum Gasteiger partial charge on any atom is -0.338 e. The molecule has 4 aromatic rings. The number of aromatic nitrogens is 3. The summed E-state index contributed by atoms with van der Waals surface area (Å²) in [5.74, 6) is 0.774. The number of nitrogens with one attached hydrogen (secondary N) is 1. The van der Waals surface area contributed by atoms with E-state index in [1.165, 1.54) is 5.56 Å². The summed E-state index contributed by atoms with van der Waals surface area (Å²) in [5.41, 5.74) is 4.74. The van der Waals surface area contributed by atoms with E-state index >= 15 is 0 Å². The van der Waals surface area contributed by atoms with E-state index < -0.39 is 0 Å². The van der Waals surface area contributed by atoms with E-state index in [2.05, 4.69) is 18.3 Å². The van der Waals surface area contributed by atoms with Crippen LogP contribution in [0.2, 0.25) is 0 Å². The molecule has 0 bridgehead atoms. The molecule has 6 heteroatoms. The highest BCUT2D eigenvalue weighted by Gasteiger charge is 2.28. The molecule has 0 saturated carbocycles. The Morgan fingerprint density at radius 1 is 1.07 bits per heavy atom. The van der Waals surface area contributed by atoms with Gasteiger partial charge in [-0.1, -0.05) is 41.2 Å². The fourth-order valence-electron chi connectivity index (χ4n) is 3.49. The van der Waals surface area contributed by atoms with Crippen LogP contribution in [0.3, 0.4) is 0 Å². The van der Waals surface area contributed by atoms with E-state index in [9.17, 15) is 4.79 Å². The molecule has 134 valence electrons. The number of Topliss-reactive ketones (excluding diaryl/α,β-unsaturated/α-hetero) is 1. The fraction of sp³-hybridized carbons (Fsp3) is 0.190. The first-order chi connectivity index (χ1) is 13.2. The standard InChI is InChI=1S/C21H18N4OS/c1-13-9-11-14(12-10-13)22-20-19-16(6-4-7-17(19)26)25(24-20)21-23-15-5-2-3-8-18(15)27-21/h2-3,5,8-12H,4,6-7H2,1H3,(H,22,24). The molecule has 0 unspecified atom stereocenters. The minimum absolute atomic E-state index is 0.151. The van der Waals surface area contributed by atoms with Crippen molar-refractivity contribution in [3.05, 3.63) is 65.4 Å². The molecule has 27 heavy (non-hydrogen) atoms. The Morgan fingerprint density at radius 3 is 2.70 bits per heavy atom. The van der Waals surface area contributed by atoms with Gasteiger partial charge in [0.05, 0.1) is 21.5 Å². The molecule has 2 aromatic carbocycles. The van der Waals surface area contributed by atoms with Crippen LogP contribution in [0.15, 0.2) is 48.5 Å². The molecule has 0 saturated heterocycles. The van der Waals surface area contributed by atoms with Crippen LogP contribution < -0.4 is 5.32 Å². The van der Waals surface area contributed by atoms with E-state index in [1.807, 2.05) is 47.1 Å². The number of nitrogens with zero attached hydrogens (tertiary/aromatic N) is 3. The third-order valence-electron chi connectivity index (χ3n) is 4.86. The summed E-state index contributed by atoms with van der Waals surface area (Å²) in [6.07, 6.45) is 2.26. The maximum atomic E-state index is 12.7. The number of carbonyl (C=O) groups is 1. The van der Waals surface area contributed by atoms with Crippen LogP contribution in [0, 0.1) is 6.92 Å². The van der Waals surface area contributed by atoms with Crippen molar-refractivity contribution in [1.82, 2.24) is 14.8 Å². The van der Waals surface area contributed by atoms with Crippen LogP contribution in [-0.2, 0) is 6.42 Å². The van der Waals surface area contributed by atoms with Crippen molar-refractivity contribution in [3.8, 4) is 5.13 Å². The van der Waals surface area contributed by atoms with Crippen LogP contribution in [0.4, 0.5) is 11.5 Å². The number of carbonyl (C=O) groups excluding carboxylic acids is 1. The van der Waals surface area contributed by atoms with E-state index in [0.717, 1.165) is 39.6 Å². The first kappa shape index (κ1) is 16.2. The Morgan fingerprint density at radius 2 is 1.89 bits per heavy atom. The Hall–Kier alpha value is -2.99. The highest BCUT2D eigenvalue weighted by molar-refractivity contribution is 7.20. The van der Waals surface area contributed by atoms with Gasteiger partial charge >= 0.3 is 0 Å². The van der Waals surface area contributed by atoms with Gasteiger partial charge in [-0.05, 0) is 44.0 Å². The molecule has 2 heterocycles. The highest BCUT2D eigenvalue weighted by Crippen LogP contribution is 2.33. The minimum atomic E-state index is 0.151. The molecule has 0 spiro atoms. The lowest BCUT2D eigenvalue weighted by atomic mass is 9.96. The number of thiazole rings is 1. The number of para-hydroxylation sites is 1. The SMILES string of the molecule is Cc1ccc(Nc2nn(-c3nc4ccccc4s3)c3c2C(=O)CCC3)cc1. The van der Waals surface area contributed by atoms with Gasteiger partial charge in [0.2, 0.25) is 5.13 Å². The van der Waals surface area contributed by atoms with Crippen LogP contribution in [0.5, 0.6) is 0 Å². The quantitative estimate of drug-likeness (QED) is 0.545. The molecule has 0 radical (unpaired) electrons. The van der Waals surface area contributed by atoms with Crippen LogP contribution in [-0.4, -0.2) is 20.5 Å². The van der Waals surface area contributed by atoms with E-state index in [4.69, 9.17) is 10.1 Å². The van der Waals surface area contributed by atoms with Crippen LogP contribution >= 0.6 is 11.3 Å². The van der Waals surface area contributed by atoms with Crippen LogP contribution in [0.1, 0.15) is 34.5 Å². The normalized spacial score (nSPS) is 13.7. The van der Waals surface area contributed by atoms with Crippen LogP contribution in [0.25, 0.3) is 15.3 Å². The van der Waals surface area contributed by atoms with E-state index in [1.54, 1.807) is 11.3 Å². The number of benzene rings is 2. The summed E-state index contributed by atoms with van der Waals surface area (Å²) in [6.45, 7) is 2.05. The second-order valence-corrected chi connectivity index (χ2v) is 7.82. The zero-order chi connectivity index (χ0) is 18.4. The molecular weight excluding hydrogens is 356 g/mol. The average molecular weight is 374 g/mol. The third-order valence-corrected chi connectivity index (χ3v) is 5.87. The molecule has 1 N–H and O–H groups in total. The molecule has 2 aromatic heterocycles. The summed E-state index contributed by atoms with van der Waals surface area (Å²) in [4.78, 5) is 17.4. The van der Waals surface area contributed by atoms with Gasteiger partial charge < -0.3 is 5.32 Å². The van der Waals surface area contributed by atoms with E-state index in [-0.39, 0.29) is 5.78 Å². The first-order valence-corrected chi connectivity index (χ1v) is 9.85. The van der Waals surface area contributed by atoms with Crippen molar-refractivity contribution >= 4 is 38.8 Å². The maximum Gasteiger partial charge on any atom is 0.211 e. The van der Waals surface area contributed by atoms with Gasteiger partial charge in [0.1, 0.15) is 0 Å². The molecule has 0 amide bonds. The molecule has 0 fully saturated rings. The largest absolute Gasteiger partial charge is 0.338 e. The second-order valence-electron chi connectivity index (χ2n) is 6.81. The molecule has 5 rings (SSSR count). The first-order valence-electron chi connectivity index (χ1n) is 9.04. The Bertz CT molecular complexity index is 1120. The monoisotopic (exact) mass is 374 g/mol. The number of fused-ring (bicyclic) bond motifs is 2.